The lowest BCUT2D eigenvalue weighted by molar-refractivity contribution is -0.129. The van der Waals surface area contributed by atoms with E-state index in [0.29, 0.717) is 18.6 Å². The molecule has 0 N–H and O–H groups in total. The molecule has 1 amide bonds. The Morgan fingerprint density at radius 1 is 1.12 bits per heavy atom. The van der Waals surface area contributed by atoms with Crippen molar-refractivity contribution < 1.29 is 14.3 Å². The third-order valence-electron chi connectivity index (χ3n) is 5.43. The summed E-state index contributed by atoms with van der Waals surface area (Å²) < 4.78 is 11.7. The van der Waals surface area contributed by atoms with Crippen LogP contribution in [0, 0.1) is 0 Å². The molecule has 3 atom stereocenters. The number of hydrogen-bond donors (Lipinski definition) is 0. The Kier molecular flexibility index (Phi) is 4.83. The van der Waals surface area contributed by atoms with Crippen LogP contribution in [0.25, 0.3) is 0 Å². The molecule has 0 radical (unpaired) electrons. The minimum absolute atomic E-state index is 0.153. The van der Waals surface area contributed by atoms with Crippen LogP contribution in [0.15, 0.2) is 30.3 Å². The maximum absolute atomic E-state index is 12.6. The quantitative estimate of drug-likeness (QED) is 0.835. The van der Waals surface area contributed by atoms with Crippen molar-refractivity contribution in [1.29, 1.82) is 0 Å². The van der Waals surface area contributed by atoms with E-state index in [9.17, 15) is 4.79 Å². The molecule has 24 heavy (non-hydrogen) atoms. The van der Waals surface area contributed by atoms with E-state index in [4.69, 9.17) is 9.47 Å². The molecule has 3 aliphatic rings. The number of carbonyl (C=O) groups excluding carboxylic acids is 1. The number of nitrogens with zero attached hydrogens (tertiary/aromatic N) is 2. The number of amides is 1. The molecule has 5 nitrogen and oxygen atoms in total. The van der Waals surface area contributed by atoms with E-state index in [0.717, 1.165) is 51.4 Å². The van der Waals surface area contributed by atoms with E-state index in [1.165, 1.54) is 6.42 Å². The molecular formula is C19H26N2O3. The van der Waals surface area contributed by atoms with Gasteiger partial charge in [-0.25, -0.2) is 0 Å². The first-order chi connectivity index (χ1) is 11.8. The maximum Gasteiger partial charge on any atom is 0.227 e. The molecule has 0 bridgehead atoms. The van der Waals surface area contributed by atoms with E-state index in [1.54, 1.807) is 0 Å². The van der Waals surface area contributed by atoms with Crippen molar-refractivity contribution in [2.24, 2.45) is 0 Å². The lowest BCUT2D eigenvalue weighted by atomic mass is 10.1. The van der Waals surface area contributed by atoms with Gasteiger partial charge in [-0.15, -0.1) is 0 Å². The van der Waals surface area contributed by atoms with Crippen LogP contribution in [-0.4, -0.2) is 73.3 Å². The van der Waals surface area contributed by atoms with Gasteiger partial charge in [0.25, 0.3) is 0 Å². The summed E-state index contributed by atoms with van der Waals surface area (Å²) in [7, 11) is 0. The molecular weight excluding hydrogens is 304 g/mol. The van der Waals surface area contributed by atoms with E-state index < -0.39 is 0 Å². The highest BCUT2D eigenvalue weighted by molar-refractivity contribution is 5.79. The van der Waals surface area contributed by atoms with Crippen LogP contribution >= 0.6 is 0 Å². The maximum atomic E-state index is 12.6. The molecule has 3 fully saturated rings. The highest BCUT2D eigenvalue weighted by atomic mass is 16.5. The van der Waals surface area contributed by atoms with Crippen molar-refractivity contribution in [2.45, 2.75) is 37.5 Å². The van der Waals surface area contributed by atoms with Gasteiger partial charge in [0, 0.05) is 32.8 Å². The minimum Gasteiger partial charge on any atom is -0.377 e. The third kappa shape index (κ3) is 3.48. The largest absolute Gasteiger partial charge is 0.377 e. The molecule has 0 aromatic heterocycles. The normalized spacial score (nSPS) is 30.5. The monoisotopic (exact) mass is 330 g/mol. The van der Waals surface area contributed by atoms with Crippen molar-refractivity contribution in [3.05, 3.63) is 35.9 Å². The average molecular weight is 330 g/mol. The molecule has 3 aliphatic heterocycles. The Labute approximate surface area is 143 Å². The standard InChI is InChI=1S/C19H26N2O3/c22-19(11-15-5-2-1-3-6-15)21-13-17-18(14-21)24-10-8-20(17)12-16-7-4-9-23-16/h1-3,5-6,16-18H,4,7-14H2/t16-,17-,18+/m1/s1. The highest BCUT2D eigenvalue weighted by Gasteiger charge is 2.42. The SMILES string of the molecule is O=C(Cc1ccccc1)N1C[C@@H]2OCCN(C[C@H]3CCCO3)[C@@H]2C1. The van der Waals surface area contributed by atoms with Crippen molar-refractivity contribution >= 4 is 5.91 Å². The molecule has 1 aromatic carbocycles. The number of ether oxygens (including phenoxy) is 2. The second-order valence-corrected chi connectivity index (χ2v) is 7.07. The van der Waals surface area contributed by atoms with E-state index in [1.807, 2.05) is 35.2 Å². The molecule has 0 unspecified atom stereocenters. The van der Waals surface area contributed by atoms with Crippen LogP contribution in [0.4, 0.5) is 0 Å². The van der Waals surface area contributed by atoms with Crippen LogP contribution < -0.4 is 0 Å². The fourth-order valence-corrected chi connectivity index (χ4v) is 4.12. The van der Waals surface area contributed by atoms with Crippen LogP contribution in [0.5, 0.6) is 0 Å². The van der Waals surface area contributed by atoms with E-state index >= 15 is 0 Å². The van der Waals surface area contributed by atoms with Crippen molar-refractivity contribution in [2.75, 3.05) is 39.4 Å². The average Bonchev–Trinajstić information content (AvgIpc) is 3.25. The summed E-state index contributed by atoms with van der Waals surface area (Å²) in [5, 5.41) is 0. The van der Waals surface area contributed by atoms with Crippen molar-refractivity contribution in [3.8, 4) is 0 Å². The smallest absolute Gasteiger partial charge is 0.227 e. The fourth-order valence-electron chi connectivity index (χ4n) is 4.12. The summed E-state index contributed by atoms with van der Waals surface area (Å²) >= 11 is 0. The highest BCUT2D eigenvalue weighted by Crippen LogP contribution is 2.25. The summed E-state index contributed by atoms with van der Waals surface area (Å²) in [6, 6.07) is 10.3. The Morgan fingerprint density at radius 2 is 2.00 bits per heavy atom. The van der Waals surface area contributed by atoms with Gasteiger partial charge in [-0.05, 0) is 18.4 Å². The Bertz CT molecular complexity index is 559. The van der Waals surface area contributed by atoms with Crippen molar-refractivity contribution in [3.63, 3.8) is 0 Å². The second kappa shape index (κ2) is 7.21. The molecule has 0 aliphatic carbocycles. The predicted octanol–water partition coefficient (Wildman–Crippen LogP) is 1.32. The Balaban J connectivity index is 1.37. The van der Waals surface area contributed by atoms with Gasteiger partial charge in [-0.3, -0.25) is 9.69 Å². The van der Waals surface area contributed by atoms with Crippen LogP contribution in [-0.2, 0) is 20.7 Å². The van der Waals surface area contributed by atoms with Crippen molar-refractivity contribution in [1.82, 2.24) is 9.80 Å². The second-order valence-electron chi connectivity index (χ2n) is 7.07. The van der Waals surface area contributed by atoms with Gasteiger partial charge in [0.2, 0.25) is 5.91 Å². The van der Waals surface area contributed by atoms with Gasteiger partial charge in [-0.1, -0.05) is 30.3 Å². The Hall–Kier alpha value is -1.43. The summed E-state index contributed by atoms with van der Waals surface area (Å²) in [4.78, 5) is 17.1. The molecule has 3 saturated heterocycles. The summed E-state index contributed by atoms with van der Waals surface area (Å²) in [5.74, 6) is 0.205. The number of hydrogen-bond acceptors (Lipinski definition) is 4. The van der Waals surface area contributed by atoms with Gasteiger partial charge in [0.1, 0.15) is 0 Å². The summed E-state index contributed by atoms with van der Waals surface area (Å²) in [6.45, 7) is 5.08. The molecule has 4 rings (SSSR count). The van der Waals surface area contributed by atoms with Gasteiger partial charge in [0.15, 0.2) is 0 Å². The van der Waals surface area contributed by atoms with Crippen LogP contribution in [0.3, 0.4) is 0 Å². The van der Waals surface area contributed by atoms with Crippen LogP contribution in [0.2, 0.25) is 0 Å². The molecule has 0 spiro atoms. The van der Waals surface area contributed by atoms with E-state index in [-0.39, 0.29) is 12.0 Å². The number of carbonyl (C=O) groups is 1. The predicted molar refractivity (Wildman–Crippen MR) is 90.8 cm³/mol. The lowest BCUT2D eigenvalue weighted by Gasteiger charge is -2.37. The summed E-state index contributed by atoms with van der Waals surface area (Å²) in [5.41, 5.74) is 1.08. The summed E-state index contributed by atoms with van der Waals surface area (Å²) in [6.07, 6.45) is 3.32. The zero-order valence-electron chi connectivity index (χ0n) is 14.1. The number of benzene rings is 1. The zero-order valence-corrected chi connectivity index (χ0v) is 14.1. The van der Waals surface area contributed by atoms with Gasteiger partial charge >= 0.3 is 0 Å². The molecule has 0 saturated carbocycles. The molecule has 5 heteroatoms. The molecule has 3 heterocycles. The first-order valence-corrected chi connectivity index (χ1v) is 9.08. The Morgan fingerprint density at radius 3 is 2.79 bits per heavy atom. The molecule has 130 valence electrons. The number of morpholine rings is 1. The number of fused-ring (bicyclic) bond motifs is 1. The van der Waals surface area contributed by atoms with Crippen LogP contribution in [0.1, 0.15) is 18.4 Å². The fraction of sp³-hybridized carbons (Fsp3) is 0.632. The van der Waals surface area contributed by atoms with Gasteiger partial charge < -0.3 is 14.4 Å². The van der Waals surface area contributed by atoms with Gasteiger partial charge in [0.05, 0.1) is 31.3 Å². The lowest BCUT2D eigenvalue weighted by Crippen LogP contribution is -2.52. The first-order valence-electron chi connectivity index (χ1n) is 9.08. The van der Waals surface area contributed by atoms with Gasteiger partial charge in [-0.2, -0.15) is 0 Å². The topological polar surface area (TPSA) is 42.0 Å². The minimum atomic E-state index is 0.153. The van der Waals surface area contributed by atoms with E-state index in [2.05, 4.69) is 4.90 Å². The third-order valence-corrected chi connectivity index (χ3v) is 5.43. The molecule has 1 aromatic rings. The number of rotatable bonds is 4. The number of likely N-dealkylation sites (tertiary alicyclic amines) is 1. The first kappa shape index (κ1) is 16.1. The zero-order chi connectivity index (χ0) is 16.4.